The topological polar surface area (TPSA) is 68.8 Å². The number of piperidine rings is 1. The van der Waals surface area contributed by atoms with Gasteiger partial charge in [0, 0.05) is 51.4 Å². The quantitative estimate of drug-likeness (QED) is 0.358. The number of likely N-dealkylation sites (tertiary alicyclic amines) is 1. The average molecular weight is 408 g/mol. The molecule has 1 heterocycles. The van der Waals surface area contributed by atoms with Gasteiger partial charge in [-0.3, -0.25) is 14.7 Å². The van der Waals surface area contributed by atoms with Crippen LogP contribution in [0.15, 0.2) is 65.7 Å². The van der Waals surface area contributed by atoms with E-state index < -0.39 is 0 Å². The maximum atomic E-state index is 12.0. The second-order valence-corrected chi connectivity index (χ2v) is 7.65. The number of carbonyl (C=O) groups excluding carboxylic acids is 1. The smallest absolute Gasteiger partial charge is 0.251 e. The van der Waals surface area contributed by atoms with Crippen molar-refractivity contribution in [3.8, 4) is 0 Å². The summed E-state index contributed by atoms with van der Waals surface area (Å²) in [6.07, 6.45) is 3.07. The van der Waals surface area contributed by atoms with Crippen molar-refractivity contribution in [3.63, 3.8) is 0 Å². The second kappa shape index (κ2) is 12.0. The molecule has 0 atom stereocenters. The van der Waals surface area contributed by atoms with Crippen molar-refractivity contribution in [2.24, 2.45) is 4.99 Å². The normalized spacial score (nSPS) is 15.6. The Bertz CT molecular complexity index is 786. The fourth-order valence-corrected chi connectivity index (χ4v) is 3.65. The molecule has 3 rings (SSSR count). The molecule has 1 aliphatic heterocycles. The molecule has 6 nitrogen and oxygen atoms in total. The summed E-state index contributed by atoms with van der Waals surface area (Å²) in [6.45, 7) is 4.61. The van der Waals surface area contributed by atoms with Crippen LogP contribution >= 0.6 is 0 Å². The number of benzene rings is 2. The third kappa shape index (κ3) is 7.19. The summed E-state index contributed by atoms with van der Waals surface area (Å²) < 4.78 is 0. The Morgan fingerprint density at radius 1 is 0.967 bits per heavy atom. The maximum absolute atomic E-state index is 12.0. The molecule has 6 heteroatoms. The molecule has 0 aliphatic carbocycles. The van der Waals surface area contributed by atoms with Crippen LogP contribution in [0.1, 0.15) is 35.2 Å². The predicted octanol–water partition coefficient (Wildman–Crippen LogP) is 2.64. The highest BCUT2D eigenvalue weighted by Crippen LogP contribution is 2.13. The van der Waals surface area contributed by atoms with Crippen LogP contribution in [0.3, 0.4) is 0 Å². The highest BCUT2D eigenvalue weighted by atomic mass is 16.1. The molecule has 0 spiro atoms. The minimum atomic E-state index is -0.0274. The fourth-order valence-electron chi connectivity index (χ4n) is 3.65. The zero-order chi connectivity index (χ0) is 21.0. The van der Waals surface area contributed by atoms with Crippen LogP contribution in [0.25, 0.3) is 0 Å². The van der Waals surface area contributed by atoms with Gasteiger partial charge in [-0.15, -0.1) is 0 Å². The number of guanidine groups is 1. The van der Waals surface area contributed by atoms with E-state index in [9.17, 15) is 4.79 Å². The Hall–Kier alpha value is -2.86. The summed E-state index contributed by atoms with van der Waals surface area (Å²) in [5.41, 5.74) is 2.07. The van der Waals surface area contributed by atoms with Gasteiger partial charge in [-0.1, -0.05) is 48.5 Å². The molecule has 2 aromatic carbocycles. The lowest BCUT2D eigenvalue weighted by atomic mass is 10.0. The van der Waals surface area contributed by atoms with Gasteiger partial charge in [0.1, 0.15) is 0 Å². The molecule has 0 radical (unpaired) electrons. The van der Waals surface area contributed by atoms with Crippen molar-refractivity contribution in [2.75, 3.05) is 33.2 Å². The van der Waals surface area contributed by atoms with Gasteiger partial charge in [-0.2, -0.15) is 0 Å². The molecule has 1 amide bonds. The number of nitrogens with one attached hydrogen (secondary N) is 3. The molecule has 1 aliphatic rings. The number of rotatable bonds is 8. The lowest BCUT2D eigenvalue weighted by Crippen LogP contribution is -2.48. The zero-order valence-corrected chi connectivity index (χ0v) is 17.8. The van der Waals surface area contributed by atoms with Crippen molar-refractivity contribution < 1.29 is 4.79 Å². The van der Waals surface area contributed by atoms with Gasteiger partial charge < -0.3 is 16.0 Å². The highest BCUT2D eigenvalue weighted by molar-refractivity contribution is 5.94. The van der Waals surface area contributed by atoms with E-state index in [1.54, 1.807) is 7.05 Å². The third-order valence-corrected chi connectivity index (χ3v) is 5.37. The first-order valence-electron chi connectivity index (χ1n) is 10.8. The van der Waals surface area contributed by atoms with Gasteiger partial charge in [0.15, 0.2) is 5.96 Å². The molecule has 1 saturated heterocycles. The fraction of sp³-hybridized carbons (Fsp3) is 0.417. The monoisotopic (exact) mass is 407 g/mol. The van der Waals surface area contributed by atoms with E-state index in [0.29, 0.717) is 18.2 Å². The van der Waals surface area contributed by atoms with E-state index in [4.69, 9.17) is 0 Å². The largest absolute Gasteiger partial charge is 0.356 e. The van der Waals surface area contributed by atoms with Gasteiger partial charge in [0.2, 0.25) is 0 Å². The SMILES string of the molecule is CN=C(NCCCNC(=O)c1ccccc1)NC1CCN(Cc2ccccc2)CC1. The number of hydrogen-bond donors (Lipinski definition) is 3. The van der Waals surface area contributed by atoms with Crippen molar-refractivity contribution in [1.29, 1.82) is 0 Å². The molecule has 0 saturated carbocycles. The molecule has 2 aromatic rings. The van der Waals surface area contributed by atoms with E-state index in [-0.39, 0.29) is 5.91 Å². The molecular weight excluding hydrogens is 374 g/mol. The summed E-state index contributed by atoms with van der Waals surface area (Å²) in [5.74, 6) is 0.811. The van der Waals surface area contributed by atoms with Crippen LogP contribution in [0.4, 0.5) is 0 Å². The molecule has 3 N–H and O–H groups in total. The van der Waals surface area contributed by atoms with Gasteiger partial charge in [0.05, 0.1) is 0 Å². The maximum Gasteiger partial charge on any atom is 0.251 e. The molecular formula is C24H33N5O. The molecule has 0 aromatic heterocycles. The molecule has 160 valence electrons. The van der Waals surface area contributed by atoms with E-state index in [1.807, 2.05) is 30.3 Å². The summed E-state index contributed by atoms with van der Waals surface area (Å²) in [7, 11) is 1.80. The summed E-state index contributed by atoms with van der Waals surface area (Å²) >= 11 is 0. The molecule has 30 heavy (non-hydrogen) atoms. The standard InChI is InChI=1S/C24H33N5O/c1-25-24(27-16-8-15-26-23(30)21-11-6-3-7-12-21)28-22-13-17-29(18-14-22)19-20-9-4-2-5-10-20/h2-7,9-12,22H,8,13-19H2,1H3,(H,26,30)(H2,25,27,28). The van der Waals surface area contributed by atoms with Crippen LogP contribution in [0, 0.1) is 0 Å². The first-order chi connectivity index (χ1) is 14.7. The third-order valence-electron chi connectivity index (χ3n) is 5.37. The highest BCUT2D eigenvalue weighted by Gasteiger charge is 2.19. The summed E-state index contributed by atoms with van der Waals surface area (Å²) in [5, 5.41) is 9.85. The van der Waals surface area contributed by atoms with E-state index >= 15 is 0 Å². The summed E-state index contributed by atoms with van der Waals surface area (Å²) in [6, 6.07) is 20.4. The number of aliphatic imine (C=N–C) groups is 1. The van der Waals surface area contributed by atoms with Gasteiger partial charge >= 0.3 is 0 Å². The predicted molar refractivity (Wildman–Crippen MR) is 123 cm³/mol. The van der Waals surface area contributed by atoms with E-state index in [0.717, 1.165) is 51.4 Å². The lowest BCUT2D eigenvalue weighted by Gasteiger charge is -2.33. The Labute approximate surface area is 179 Å². The van der Waals surface area contributed by atoms with Crippen LogP contribution in [0.2, 0.25) is 0 Å². The van der Waals surface area contributed by atoms with Crippen molar-refractivity contribution in [1.82, 2.24) is 20.9 Å². The number of hydrogen-bond acceptors (Lipinski definition) is 3. The number of nitrogens with zero attached hydrogens (tertiary/aromatic N) is 2. The van der Waals surface area contributed by atoms with Gasteiger partial charge in [-0.25, -0.2) is 0 Å². The first-order valence-corrected chi connectivity index (χ1v) is 10.8. The Morgan fingerprint density at radius 2 is 1.60 bits per heavy atom. The van der Waals surface area contributed by atoms with Crippen LogP contribution in [0.5, 0.6) is 0 Å². The van der Waals surface area contributed by atoms with E-state index in [1.165, 1.54) is 5.56 Å². The van der Waals surface area contributed by atoms with Crippen molar-refractivity contribution >= 4 is 11.9 Å². The second-order valence-electron chi connectivity index (χ2n) is 7.65. The van der Waals surface area contributed by atoms with Crippen molar-refractivity contribution in [3.05, 3.63) is 71.8 Å². The zero-order valence-electron chi connectivity index (χ0n) is 17.8. The first kappa shape index (κ1) is 21.8. The summed E-state index contributed by atoms with van der Waals surface area (Å²) in [4.78, 5) is 18.9. The lowest BCUT2D eigenvalue weighted by molar-refractivity contribution is 0.0953. The molecule has 0 unspecified atom stereocenters. The van der Waals surface area contributed by atoms with Crippen molar-refractivity contribution in [2.45, 2.75) is 31.8 Å². The van der Waals surface area contributed by atoms with Crippen LogP contribution in [-0.4, -0.2) is 56.0 Å². The molecule has 0 bridgehead atoms. The average Bonchev–Trinajstić information content (AvgIpc) is 2.80. The Kier molecular flexibility index (Phi) is 8.72. The number of amides is 1. The van der Waals surface area contributed by atoms with Gasteiger partial charge in [-0.05, 0) is 37.0 Å². The van der Waals surface area contributed by atoms with Crippen LogP contribution < -0.4 is 16.0 Å². The minimum Gasteiger partial charge on any atom is -0.356 e. The van der Waals surface area contributed by atoms with Gasteiger partial charge in [0.25, 0.3) is 5.91 Å². The number of carbonyl (C=O) groups is 1. The van der Waals surface area contributed by atoms with E-state index in [2.05, 4.69) is 56.2 Å². The molecule has 1 fully saturated rings. The minimum absolute atomic E-state index is 0.0274. The Balaban J connectivity index is 1.29. The Morgan fingerprint density at radius 3 is 2.27 bits per heavy atom. The van der Waals surface area contributed by atoms with Crippen LogP contribution in [-0.2, 0) is 6.54 Å².